The van der Waals surface area contributed by atoms with Crippen molar-refractivity contribution in [1.82, 2.24) is 0 Å². The molecule has 3 nitrogen and oxygen atoms in total. The number of carboxylic acid groups (broad SMARTS) is 1. The van der Waals surface area contributed by atoms with Crippen LogP contribution in [0, 0.1) is 5.92 Å². The van der Waals surface area contributed by atoms with Crippen molar-refractivity contribution in [3.8, 4) is 5.75 Å². The second kappa shape index (κ2) is 4.92. The zero-order valence-corrected chi connectivity index (χ0v) is 10.6. The summed E-state index contributed by atoms with van der Waals surface area (Å²) in [5.74, 6) is 0.735. The van der Waals surface area contributed by atoms with Crippen molar-refractivity contribution in [1.29, 1.82) is 0 Å². The molecule has 19 heavy (non-hydrogen) atoms. The molecule has 0 spiro atoms. The van der Waals surface area contributed by atoms with Gasteiger partial charge in [-0.2, -0.15) is 0 Å². The number of hydrogen-bond donors (Lipinski definition) is 1. The molecule has 1 aliphatic carbocycles. The van der Waals surface area contributed by atoms with Gasteiger partial charge in [-0.25, -0.2) is 0 Å². The molecule has 0 saturated heterocycles. The summed E-state index contributed by atoms with van der Waals surface area (Å²) >= 11 is 0. The molecule has 2 aromatic carbocycles. The summed E-state index contributed by atoms with van der Waals surface area (Å²) < 4.78 is 5.75. The molecule has 0 radical (unpaired) electrons. The van der Waals surface area contributed by atoms with Crippen molar-refractivity contribution < 1.29 is 14.6 Å². The summed E-state index contributed by atoms with van der Waals surface area (Å²) in [6.45, 7) is 0.770. The third kappa shape index (κ3) is 2.87. The van der Waals surface area contributed by atoms with Crippen LogP contribution in [0.15, 0.2) is 36.4 Å². The zero-order chi connectivity index (χ0) is 13.2. The predicted octanol–water partition coefficient (Wildman–Crippen LogP) is 3.26. The highest BCUT2D eigenvalue weighted by Crippen LogP contribution is 2.30. The molecule has 1 aliphatic rings. The molecule has 0 amide bonds. The molecule has 1 N–H and O–H groups in total. The van der Waals surface area contributed by atoms with Gasteiger partial charge in [-0.1, -0.05) is 24.3 Å². The Balaban J connectivity index is 1.91. The highest BCUT2D eigenvalue weighted by Gasteiger charge is 2.21. The van der Waals surface area contributed by atoms with E-state index < -0.39 is 5.97 Å². The Morgan fingerprint density at radius 1 is 1.26 bits per heavy atom. The summed E-state index contributed by atoms with van der Waals surface area (Å²) in [4.78, 5) is 10.9. The van der Waals surface area contributed by atoms with Gasteiger partial charge in [0.05, 0.1) is 13.0 Å². The molecule has 0 atom stereocenters. The van der Waals surface area contributed by atoms with E-state index in [1.807, 2.05) is 36.4 Å². The number of carboxylic acids is 1. The van der Waals surface area contributed by atoms with Crippen LogP contribution in [0.4, 0.5) is 0 Å². The van der Waals surface area contributed by atoms with E-state index in [1.54, 1.807) is 0 Å². The lowest BCUT2D eigenvalue weighted by Gasteiger charge is -2.09. The lowest BCUT2D eigenvalue weighted by molar-refractivity contribution is -0.136. The van der Waals surface area contributed by atoms with Crippen molar-refractivity contribution in [2.75, 3.05) is 6.61 Å². The third-order valence-electron chi connectivity index (χ3n) is 3.47. The Labute approximate surface area is 111 Å². The van der Waals surface area contributed by atoms with Crippen LogP contribution in [0.3, 0.4) is 0 Å². The van der Waals surface area contributed by atoms with E-state index in [9.17, 15) is 4.79 Å². The Hall–Kier alpha value is -2.03. The molecule has 0 heterocycles. The van der Waals surface area contributed by atoms with Gasteiger partial charge in [0.25, 0.3) is 0 Å². The summed E-state index contributed by atoms with van der Waals surface area (Å²) in [6.07, 6.45) is 2.57. The van der Waals surface area contributed by atoms with E-state index in [2.05, 4.69) is 0 Å². The molecule has 3 rings (SSSR count). The van der Waals surface area contributed by atoms with Gasteiger partial charge >= 0.3 is 5.97 Å². The van der Waals surface area contributed by atoms with Crippen LogP contribution in [0.5, 0.6) is 5.75 Å². The van der Waals surface area contributed by atoms with Crippen molar-refractivity contribution in [3.63, 3.8) is 0 Å². The molecule has 0 aliphatic heterocycles. The molecule has 3 heteroatoms. The Morgan fingerprint density at radius 2 is 2.11 bits per heavy atom. The van der Waals surface area contributed by atoms with E-state index >= 15 is 0 Å². The number of ether oxygens (including phenoxy) is 1. The number of carbonyl (C=O) groups is 1. The topological polar surface area (TPSA) is 46.5 Å². The van der Waals surface area contributed by atoms with Crippen LogP contribution in [-0.2, 0) is 11.2 Å². The SMILES string of the molecule is O=C(O)Cc1cccc2ccc(OCC3CC3)cc12. The van der Waals surface area contributed by atoms with Crippen LogP contribution in [-0.4, -0.2) is 17.7 Å². The Bertz CT molecular complexity index is 614. The fourth-order valence-electron chi connectivity index (χ4n) is 2.22. The molecule has 1 fully saturated rings. The quantitative estimate of drug-likeness (QED) is 0.893. The first-order valence-electron chi connectivity index (χ1n) is 6.58. The van der Waals surface area contributed by atoms with Gasteiger partial charge in [0.15, 0.2) is 0 Å². The number of hydrogen-bond acceptors (Lipinski definition) is 2. The number of benzene rings is 2. The number of fused-ring (bicyclic) bond motifs is 1. The van der Waals surface area contributed by atoms with E-state index in [0.29, 0.717) is 5.92 Å². The summed E-state index contributed by atoms with van der Waals surface area (Å²) in [5.41, 5.74) is 0.835. The monoisotopic (exact) mass is 256 g/mol. The van der Waals surface area contributed by atoms with Crippen LogP contribution in [0.2, 0.25) is 0 Å². The lowest BCUT2D eigenvalue weighted by Crippen LogP contribution is -2.01. The summed E-state index contributed by atoms with van der Waals surface area (Å²) in [6, 6.07) is 11.6. The largest absolute Gasteiger partial charge is 0.493 e. The standard InChI is InChI=1S/C16H16O3/c17-16(18)8-13-3-1-2-12-6-7-14(9-15(12)13)19-10-11-4-5-11/h1-3,6-7,9,11H,4-5,8,10H2,(H,17,18). The molecular formula is C16H16O3. The third-order valence-corrected chi connectivity index (χ3v) is 3.47. The van der Waals surface area contributed by atoms with Gasteiger partial charge < -0.3 is 9.84 Å². The molecule has 0 bridgehead atoms. The maximum absolute atomic E-state index is 10.9. The van der Waals surface area contributed by atoms with Gasteiger partial charge in [-0.15, -0.1) is 0 Å². The molecule has 1 saturated carbocycles. The zero-order valence-electron chi connectivity index (χ0n) is 10.6. The number of rotatable bonds is 5. The van der Waals surface area contributed by atoms with Gasteiger partial charge in [0.2, 0.25) is 0 Å². The first-order valence-corrected chi connectivity index (χ1v) is 6.58. The fraction of sp³-hybridized carbons (Fsp3) is 0.312. The van der Waals surface area contributed by atoms with E-state index in [-0.39, 0.29) is 6.42 Å². The molecule has 0 aromatic heterocycles. The van der Waals surface area contributed by atoms with Gasteiger partial charge in [0.1, 0.15) is 5.75 Å². The van der Waals surface area contributed by atoms with E-state index in [0.717, 1.165) is 28.7 Å². The van der Waals surface area contributed by atoms with Crippen LogP contribution in [0.25, 0.3) is 10.8 Å². The molecule has 98 valence electrons. The summed E-state index contributed by atoms with van der Waals surface area (Å²) in [5, 5.41) is 11.0. The maximum Gasteiger partial charge on any atom is 0.307 e. The van der Waals surface area contributed by atoms with Gasteiger partial charge in [-0.3, -0.25) is 4.79 Å². The van der Waals surface area contributed by atoms with E-state index in [4.69, 9.17) is 9.84 Å². The highest BCUT2D eigenvalue weighted by atomic mass is 16.5. The van der Waals surface area contributed by atoms with Crippen molar-refractivity contribution in [3.05, 3.63) is 42.0 Å². The normalized spacial score (nSPS) is 14.5. The van der Waals surface area contributed by atoms with Crippen LogP contribution in [0.1, 0.15) is 18.4 Å². The minimum Gasteiger partial charge on any atom is -0.493 e. The predicted molar refractivity (Wildman–Crippen MR) is 73.5 cm³/mol. The minimum atomic E-state index is -0.809. The van der Waals surface area contributed by atoms with Crippen molar-refractivity contribution >= 4 is 16.7 Å². The van der Waals surface area contributed by atoms with Gasteiger partial charge in [0, 0.05) is 0 Å². The van der Waals surface area contributed by atoms with Crippen molar-refractivity contribution in [2.45, 2.75) is 19.3 Å². The molecular weight excluding hydrogens is 240 g/mol. The maximum atomic E-state index is 10.9. The average Bonchev–Trinajstić information content (AvgIpc) is 3.20. The first kappa shape index (κ1) is 12.0. The average molecular weight is 256 g/mol. The Morgan fingerprint density at radius 3 is 2.84 bits per heavy atom. The van der Waals surface area contributed by atoms with Gasteiger partial charge in [-0.05, 0) is 47.2 Å². The second-order valence-corrected chi connectivity index (χ2v) is 5.12. The van der Waals surface area contributed by atoms with Crippen LogP contribution < -0.4 is 4.74 Å². The van der Waals surface area contributed by atoms with Crippen LogP contribution >= 0.6 is 0 Å². The Kier molecular flexibility index (Phi) is 3.11. The summed E-state index contributed by atoms with van der Waals surface area (Å²) in [7, 11) is 0. The van der Waals surface area contributed by atoms with Crippen molar-refractivity contribution in [2.24, 2.45) is 5.92 Å². The fourth-order valence-corrected chi connectivity index (χ4v) is 2.22. The lowest BCUT2D eigenvalue weighted by atomic mass is 10.0. The molecule has 2 aromatic rings. The minimum absolute atomic E-state index is 0.0451. The van der Waals surface area contributed by atoms with E-state index in [1.165, 1.54) is 12.8 Å². The highest BCUT2D eigenvalue weighted by molar-refractivity contribution is 5.89. The first-order chi connectivity index (χ1) is 9.22. The second-order valence-electron chi connectivity index (χ2n) is 5.12. The molecule has 0 unspecified atom stereocenters. The smallest absolute Gasteiger partial charge is 0.307 e. The number of aliphatic carboxylic acids is 1.